The molecule has 2 atom stereocenters. The molecule has 0 heterocycles. The molecule has 0 saturated carbocycles. The molecule has 0 amide bonds. The summed E-state index contributed by atoms with van der Waals surface area (Å²) in [5, 5.41) is 10.2. The topological polar surface area (TPSA) is 63.3 Å². The van der Waals surface area contributed by atoms with Crippen molar-refractivity contribution in [2.45, 2.75) is 25.3 Å². The Hall–Kier alpha value is -1.49. The summed E-state index contributed by atoms with van der Waals surface area (Å²) in [5.74, 6) is 0.718. The summed E-state index contributed by atoms with van der Waals surface area (Å²) in [7, 11) is -1.09. The number of aryl methyl sites for hydroxylation is 1. The molecule has 2 aromatic carbocycles. The molecule has 0 radical (unpaired) electrons. The molecule has 0 aliphatic heterocycles. The molecule has 0 spiro atoms. The van der Waals surface area contributed by atoms with Crippen LogP contribution in [-0.4, -0.2) is 15.1 Å². The van der Waals surface area contributed by atoms with Gasteiger partial charge in [-0.3, -0.25) is 4.21 Å². The molecule has 0 saturated heterocycles. The summed E-state index contributed by atoms with van der Waals surface area (Å²) >= 11 is 0. The Morgan fingerprint density at radius 2 is 1.86 bits per heavy atom. The minimum Gasteiger partial charge on any atom is -0.387 e. The highest BCUT2D eigenvalue weighted by molar-refractivity contribution is 7.84. The fourth-order valence-corrected chi connectivity index (χ4v) is 3.41. The highest BCUT2D eigenvalue weighted by Crippen LogP contribution is 2.16. The minimum atomic E-state index is -1.09. The Kier molecular flexibility index (Phi) is 5.67. The largest absolute Gasteiger partial charge is 0.387 e. The molecule has 2 unspecified atom stereocenters. The highest BCUT2D eigenvalue weighted by atomic mass is 32.2. The van der Waals surface area contributed by atoms with Gasteiger partial charge in [-0.25, -0.2) is 0 Å². The van der Waals surface area contributed by atoms with Crippen LogP contribution in [0.15, 0.2) is 48.5 Å². The van der Waals surface area contributed by atoms with Crippen LogP contribution in [0.2, 0.25) is 0 Å². The van der Waals surface area contributed by atoms with Crippen molar-refractivity contribution in [2.75, 3.05) is 5.75 Å². The number of aliphatic hydroxyl groups excluding tert-OH is 1. The SMILES string of the molecule is Cc1cccc(CS(=O)CC(O)c2ccc(CN)cc2)c1. The van der Waals surface area contributed by atoms with E-state index in [2.05, 4.69) is 0 Å². The van der Waals surface area contributed by atoms with E-state index in [-0.39, 0.29) is 5.75 Å². The van der Waals surface area contributed by atoms with E-state index in [1.165, 1.54) is 0 Å². The summed E-state index contributed by atoms with van der Waals surface area (Å²) in [6.45, 7) is 2.50. The van der Waals surface area contributed by atoms with Gasteiger partial charge in [0.2, 0.25) is 0 Å². The van der Waals surface area contributed by atoms with Crippen molar-refractivity contribution >= 4 is 10.8 Å². The smallest absolute Gasteiger partial charge is 0.0905 e. The second kappa shape index (κ2) is 7.50. The van der Waals surface area contributed by atoms with E-state index in [0.717, 1.165) is 22.3 Å². The number of aliphatic hydroxyl groups is 1. The van der Waals surface area contributed by atoms with Crippen molar-refractivity contribution < 1.29 is 9.32 Å². The maximum Gasteiger partial charge on any atom is 0.0905 e. The van der Waals surface area contributed by atoms with Crippen LogP contribution in [0.3, 0.4) is 0 Å². The van der Waals surface area contributed by atoms with Gasteiger partial charge in [-0.05, 0) is 23.6 Å². The Morgan fingerprint density at radius 1 is 1.14 bits per heavy atom. The number of benzene rings is 2. The van der Waals surface area contributed by atoms with Crippen LogP contribution in [0, 0.1) is 6.92 Å². The first kappa shape index (κ1) is 15.9. The van der Waals surface area contributed by atoms with Crippen LogP contribution in [0.5, 0.6) is 0 Å². The lowest BCUT2D eigenvalue weighted by molar-refractivity contribution is 0.203. The molecule has 2 rings (SSSR count). The molecule has 3 nitrogen and oxygen atoms in total. The average molecular weight is 303 g/mol. The Morgan fingerprint density at radius 3 is 2.48 bits per heavy atom. The summed E-state index contributed by atoms with van der Waals surface area (Å²) in [4.78, 5) is 0. The van der Waals surface area contributed by atoms with Crippen LogP contribution < -0.4 is 5.73 Å². The van der Waals surface area contributed by atoms with E-state index in [9.17, 15) is 9.32 Å². The van der Waals surface area contributed by atoms with Gasteiger partial charge in [0.1, 0.15) is 0 Å². The third kappa shape index (κ3) is 4.77. The minimum absolute atomic E-state index is 0.246. The quantitative estimate of drug-likeness (QED) is 0.861. The molecule has 21 heavy (non-hydrogen) atoms. The van der Waals surface area contributed by atoms with E-state index >= 15 is 0 Å². The molecule has 0 aliphatic rings. The fourth-order valence-electron chi connectivity index (χ4n) is 2.19. The summed E-state index contributed by atoms with van der Waals surface area (Å²) in [6, 6.07) is 15.4. The molecular formula is C17H21NO2S. The van der Waals surface area contributed by atoms with Gasteiger partial charge < -0.3 is 10.8 Å². The van der Waals surface area contributed by atoms with Crippen molar-refractivity contribution in [1.29, 1.82) is 0 Å². The van der Waals surface area contributed by atoms with E-state index in [1.54, 1.807) is 0 Å². The van der Waals surface area contributed by atoms with Crippen LogP contribution >= 0.6 is 0 Å². The highest BCUT2D eigenvalue weighted by Gasteiger charge is 2.12. The number of hydrogen-bond acceptors (Lipinski definition) is 3. The molecule has 4 heteroatoms. The molecule has 0 fully saturated rings. The summed E-state index contributed by atoms with van der Waals surface area (Å²) < 4.78 is 12.2. The van der Waals surface area contributed by atoms with Crippen LogP contribution in [0.4, 0.5) is 0 Å². The van der Waals surface area contributed by atoms with Gasteiger partial charge in [0.25, 0.3) is 0 Å². The molecule has 3 N–H and O–H groups in total. The normalized spacial score (nSPS) is 13.9. The first-order valence-electron chi connectivity index (χ1n) is 6.96. The number of rotatable bonds is 6. The van der Waals surface area contributed by atoms with Crippen LogP contribution in [0.25, 0.3) is 0 Å². The maximum atomic E-state index is 12.2. The zero-order chi connectivity index (χ0) is 15.2. The van der Waals surface area contributed by atoms with Crippen molar-refractivity contribution in [3.05, 3.63) is 70.8 Å². The lowest BCUT2D eigenvalue weighted by Crippen LogP contribution is -2.11. The lowest BCUT2D eigenvalue weighted by atomic mass is 10.1. The van der Waals surface area contributed by atoms with E-state index in [1.807, 2.05) is 55.5 Å². The molecule has 112 valence electrons. The predicted molar refractivity (Wildman–Crippen MR) is 87.2 cm³/mol. The first-order valence-corrected chi connectivity index (χ1v) is 8.45. The maximum absolute atomic E-state index is 12.2. The van der Waals surface area contributed by atoms with Crippen molar-refractivity contribution in [1.82, 2.24) is 0 Å². The van der Waals surface area contributed by atoms with Crippen molar-refractivity contribution in [2.24, 2.45) is 5.73 Å². The van der Waals surface area contributed by atoms with Gasteiger partial charge >= 0.3 is 0 Å². The average Bonchev–Trinajstić information content (AvgIpc) is 2.47. The van der Waals surface area contributed by atoms with Gasteiger partial charge in [0.05, 0.1) is 11.9 Å². The number of hydrogen-bond donors (Lipinski definition) is 2. The zero-order valence-electron chi connectivity index (χ0n) is 12.2. The van der Waals surface area contributed by atoms with E-state index in [0.29, 0.717) is 12.3 Å². The monoisotopic (exact) mass is 303 g/mol. The van der Waals surface area contributed by atoms with Crippen molar-refractivity contribution in [3.8, 4) is 0 Å². The van der Waals surface area contributed by atoms with Crippen molar-refractivity contribution in [3.63, 3.8) is 0 Å². The van der Waals surface area contributed by atoms with Gasteiger partial charge in [0.15, 0.2) is 0 Å². The Bertz CT molecular complexity index is 610. The predicted octanol–water partition coefficient (Wildman–Crippen LogP) is 2.44. The summed E-state index contributed by atoms with van der Waals surface area (Å²) in [6.07, 6.45) is -0.706. The van der Waals surface area contributed by atoms with Crippen LogP contribution in [-0.2, 0) is 23.1 Å². The Balaban J connectivity index is 1.95. The second-order valence-electron chi connectivity index (χ2n) is 5.20. The third-order valence-corrected chi connectivity index (χ3v) is 4.70. The molecule has 0 aliphatic carbocycles. The Labute approximate surface area is 128 Å². The number of nitrogens with two attached hydrogens (primary N) is 1. The molecular weight excluding hydrogens is 282 g/mol. The van der Waals surface area contributed by atoms with Gasteiger partial charge in [-0.1, -0.05) is 54.1 Å². The third-order valence-electron chi connectivity index (χ3n) is 3.35. The lowest BCUT2D eigenvalue weighted by Gasteiger charge is -2.11. The van der Waals surface area contributed by atoms with Gasteiger partial charge in [0, 0.05) is 23.1 Å². The van der Waals surface area contributed by atoms with E-state index in [4.69, 9.17) is 5.73 Å². The van der Waals surface area contributed by atoms with Gasteiger partial charge in [-0.2, -0.15) is 0 Å². The summed E-state index contributed by atoms with van der Waals surface area (Å²) in [5.41, 5.74) is 9.54. The second-order valence-corrected chi connectivity index (χ2v) is 6.70. The standard InChI is InChI=1S/C17H21NO2S/c1-13-3-2-4-15(9-13)11-21(20)12-17(19)16-7-5-14(10-18)6-8-16/h2-9,17,19H,10-12,18H2,1H3. The molecule has 0 aromatic heterocycles. The molecule has 2 aromatic rings. The van der Waals surface area contributed by atoms with Crippen LogP contribution in [0.1, 0.15) is 28.4 Å². The first-order chi connectivity index (χ1) is 10.1. The fraction of sp³-hybridized carbons (Fsp3) is 0.294. The zero-order valence-corrected chi connectivity index (χ0v) is 13.0. The van der Waals surface area contributed by atoms with E-state index < -0.39 is 16.9 Å². The van der Waals surface area contributed by atoms with Gasteiger partial charge in [-0.15, -0.1) is 0 Å². The molecule has 0 bridgehead atoms.